The van der Waals surface area contributed by atoms with Gasteiger partial charge in [0.05, 0.1) is 0 Å². The van der Waals surface area contributed by atoms with Crippen molar-refractivity contribution in [2.24, 2.45) is 0 Å². The number of nitrogens with one attached hydrogen (secondary N) is 1. The van der Waals surface area contributed by atoms with Crippen LogP contribution in [0.2, 0.25) is 0 Å². The molecule has 2 rings (SSSR count). The maximum Gasteiger partial charge on any atom is 0.192 e. The molecule has 1 aromatic heterocycles. The Labute approximate surface area is 89.9 Å². The van der Waals surface area contributed by atoms with E-state index in [1.807, 2.05) is 18.2 Å². The van der Waals surface area contributed by atoms with Crippen LogP contribution in [0.1, 0.15) is 31.7 Å². The van der Waals surface area contributed by atoms with Crippen LogP contribution >= 0.6 is 0 Å². The summed E-state index contributed by atoms with van der Waals surface area (Å²) in [6.07, 6.45) is 4.54. The van der Waals surface area contributed by atoms with Crippen LogP contribution in [0.5, 0.6) is 5.88 Å². The number of aromatic nitrogens is 1. The van der Waals surface area contributed by atoms with Gasteiger partial charge in [-0.15, -0.1) is 0 Å². The lowest BCUT2D eigenvalue weighted by Gasteiger charge is -1.99. The molecule has 0 aliphatic heterocycles. The predicted molar refractivity (Wildman–Crippen MR) is 63.2 cm³/mol. The molecule has 0 saturated heterocycles. The average molecular weight is 203 g/mol. The van der Waals surface area contributed by atoms with Crippen molar-refractivity contribution in [1.29, 1.82) is 0 Å². The molecule has 0 fully saturated rings. The first-order valence-corrected chi connectivity index (χ1v) is 5.61. The van der Waals surface area contributed by atoms with Gasteiger partial charge in [0.1, 0.15) is 0 Å². The van der Waals surface area contributed by atoms with Crippen LogP contribution in [0.4, 0.5) is 0 Å². The molecule has 2 heteroatoms. The van der Waals surface area contributed by atoms with E-state index in [2.05, 4.69) is 18.0 Å². The Hall–Kier alpha value is -1.44. The predicted octanol–water partition coefficient (Wildman–Crippen LogP) is 3.61. The number of rotatable bonds is 4. The summed E-state index contributed by atoms with van der Waals surface area (Å²) in [4.78, 5) is 3.01. The number of fused-ring (bicyclic) bond motifs is 1. The minimum atomic E-state index is 0.340. The summed E-state index contributed by atoms with van der Waals surface area (Å²) in [7, 11) is 0. The Morgan fingerprint density at radius 2 is 2.00 bits per heavy atom. The second-order valence-corrected chi connectivity index (χ2v) is 3.95. The van der Waals surface area contributed by atoms with Gasteiger partial charge in [0.2, 0.25) is 0 Å². The summed E-state index contributed by atoms with van der Waals surface area (Å²) in [5.41, 5.74) is 2.10. The molecule has 0 radical (unpaired) electrons. The first kappa shape index (κ1) is 10.1. The van der Waals surface area contributed by atoms with Gasteiger partial charge in [0.15, 0.2) is 5.88 Å². The van der Waals surface area contributed by atoms with Crippen LogP contribution in [-0.4, -0.2) is 10.1 Å². The Morgan fingerprint density at radius 1 is 1.20 bits per heavy atom. The maximum atomic E-state index is 9.78. The van der Waals surface area contributed by atoms with Gasteiger partial charge in [-0.1, -0.05) is 38.0 Å². The van der Waals surface area contributed by atoms with E-state index < -0.39 is 0 Å². The van der Waals surface area contributed by atoms with Gasteiger partial charge in [-0.2, -0.15) is 0 Å². The Kier molecular flexibility index (Phi) is 2.95. The summed E-state index contributed by atoms with van der Waals surface area (Å²) in [6.45, 7) is 2.19. The summed E-state index contributed by atoms with van der Waals surface area (Å²) in [5.74, 6) is 0.340. The zero-order chi connectivity index (χ0) is 10.7. The third kappa shape index (κ3) is 1.99. The van der Waals surface area contributed by atoms with Gasteiger partial charge in [0, 0.05) is 16.5 Å². The van der Waals surface area contributed by atoms with E-state index in [4.69, 9.17) is 0 Å². The molecule has 2 aromatic rings. The van der Waals surface area contributed by atoms with Crippen LogP contribution in [0.15, 0.2) is 24.3 Å². The van der Waals surface area contributed by atoms with E-state index in [0.29, 0.717) is 5.88 Å². The van der Waals surface area contributed by atoms with E-state index in [0.717, 1.165) is 29.3 Å². The van der Waals surface area contributed by atoms with Crippen molar-refractivity contribution < 1.29 is 5.11 Å². The fourth-order valence-corrected chi connectivity index (χ4v) is 1.99. The maximum absolute atomic E-state index is 9.78. The van der Waals surface area contributed by atoms with Crippen molar-refractivity contribution in [3.63, 3.8) is 0 Å². The molecule has 0 spiro atoms. The molecular formula is C13H17NO. The number of para-hydroxylation sites is 1. The molecule has 1 aromatic carbocycles. The highest BCUT2D eigenvalue weighted by Crippen LogP contribution is 2.28. The molecule has 0 atom stereocenters. The second-order valence-electron chi connectivity index (χ2n) is 3.95. The second kappa shape index (κ2) is 4.39. The highest BCUT2D eigenvalue weighted by atomic mass is 16.3. The number of aromatic amines is 1. The highest BCUT2D eigenvalue weighted by Gasteiger charge is 2.08. The molecule has 0 aliphatic rings. The van der Waals surface area contributed by atoms with Crippen LogP contribution in [0.25, 0.3) is 10.9 Å². The number of hydrogen-bond donors (Lipinski definition) is 2. The third-order valence-corrected chi connectivity index (χ3v) is 2.82. The smallest absolute Gasteiger partial charge is 0.192 e. The van der Waals surface area contributed by atoms with Crippen molar-refractivity contribution >= 4 is 10.9 Å². The van der Waals surface area contributed by atoms with Gasteiger partial charge < -0.3 is 10.1 Å². The van der Waals surface area contributed by atoms with Crippen molar-refractivity contribution in [2.45, 2.75) is 32.6 Å². The minimum absolute atomic E-state index is 0.340. The highest BCUT2D eigenvalue weighted by molar-refractivity contribution is 5.85. The minimum Gasteiger partial charge on any atom is -0.494 e. The average Bonchev–Trinajstić information content (AvgIpc) is 2.56. The first-order chi connectivity index (χ1) is 7.33. The number of H-pyrrole nitrogens is 1. The lowest BCUT2D eigenvalue weighted by molar-refractivity contribution is 0.450. The van der Waals surface area contributed by atoms with Crippen molar-refractivity contribution in [1.82, 2.24) is 4.98 Å². The number of aromatic hydroxyl groups is 1. The Bertz CT molecular complexity index is 445. The molecule has 2 N–H and O–H groups in total. The molecule has 1 heterocycles. The molecule has 2 nitrogen and oxygen atoms in total. The lowest BCUT2D eigenvalue weighted by atomic mass is 10.1. The monoisotopic (exact) mass is 203 g/mol. The normalized spacial score (nSPS) is 11.0. The molecule has 0 bridgehead atoms. The topological polar surface area (TPSA) is 36.0 Å². The summed E-state index contributed by atoms with van der Waals surface area (Å²) in [6, 6.07) is 8.05. The van der Waals surface area contributed by atoms with E-state index in [1.165, 1.54) is 12.8 Å². The number of unbranched alkanes of at least 4 members (excludes halogenated alkanes) is 2. The van der Waals surface area contributed by atoms with Gasteiger partial charge >= 0.3 is 0 Å². The number of hydrogen-bond acceptors (Lipinski definition) is 1. The largest absolute Gasteiger partial charge is 0.494 e. The SMILES string of the molecule is CCCCCc1c(O)[nH]c2ccccc12. The van der Waals surface area contributed by atoms with E-state index in [1.54, 1.807) is 0 Å². The van der Waals surface area contributed by atoms with Crippen LogP contribution < -0.4 is 0 Å². The first-order valence-electron chi connectivity index (χ1n) is 5.61. The Morgan fingerprint density at radius 3 is 2.80 bits per heavy atom. The molecule has 0 aliphatic carbocycles. The number of benzene rings is 1. The van der Waals surface area contributed by atoms with Gasteiger partial charge in [-0.25, -0.2) is 0 Å². The lowest BCUT2D eigenvalue weighted by Crippen LogP contribution is -1.84. The van der Waals surface area contributed by atoms with Gasteiger partial charge in [0.25, 0.3) is 0 Å². The van der Waals surface area contributed by atoms with Crippen molar-refractivity contribution in [2.75, 3.05) is 0 Å². The molecule has 80 valence electrons. The van der Waals surface area contributed by atoms with Crippen molar-refractivity contribution in [3.05, 3.63) is 29.8 Å². The summed E-state index contributed by atoms with van der Waals surface area (Å²) < 4.78 is 0. The third-order valence-electron chi connectivity index (χ3n) is 2.82. The number of aryl methyl sites for hydroxylation is 1. The zero-order valence-electron chi connectivity index (χ0n) is 9.09. The van der Waals surface area contributed by atoms with Crippen molar-refractivity contribution in [3.8, 4) is 5.88 Å². The fraction of sp³-hybridized carbons (Fsp3) is 0.385. The molecule has 0 saturated carbocycles. The molecule has 0 amide bonds. The molecule has 15 heavy (non-hydrogen) atoms. The Balaban J connectivity index is 2.28. The van der Waals surface area contributed by atoms with Gasteiger partial charge in [-0.05, 0) is 18.9 Å². The summed E-state index contributed by atoms with van der Waals surface area (Å²) >= 11 is 0. The summed E-state index contributed by atoms with van der Waals surface area (Å²) in [5, 5.41) is 10.9. The van der Waals surface area contributed by atoms with Crippen LogP contribution in [0, 0.1) is 0 Å². The van der Waals surface area contributed by atoms with E-state index >= 15 is 0 Å². The molecule has 0 unspecified atom stereocenters. The molecular weight excluding hydrogens is 186 g/mol. The van der Waals surface area contributed by atoms with E-state index in [9.17, 15) is 5.11 Å². The van der Waals surface area contributed by atoms with Crippen LogP contribution in [0.3, 0.4) is 0 Å². The quantitative estimate of drug-likeness (QED) is 0.732. The van der Waals surface area contributed by atoms with E-state index in [-0.39, 0.29) is 0 Å². The van der Waals surface area contributed by atoms with Crippen LogP contribution in [-0.2, 0) is 6.42 Å². The van der Waals surface area contributed by atoms with Gasteiger partial charge in [-0.3, -0.25) is 0 Å². The fourth-order valence-electron chi connectivity index (χ4n) is 1.99. The zero-order valence-corrected chi connectivity index (χ0v) is 9.09. The standard InChI is InChI=1S/C13H17NO/c1-2-3-4-8-11-10-7-5-6-9-12(10)14-13(11)15/h5-7,9,14-15H,2-4,8H2,1H3.